The topological polar surface area (TPSA) is 86.8 Å². The minimum absolute atomic E-state index is 0.125. The molecule has 0 spiro atoms. The Balaban J connectivity index is 2.11. The largest absolute Gasteiger partial charge is 0.417 e. The van der Waals surface area contributed by atoms with Crippen LogP contribution < -0.4 is 9.62 Å². The SMILES string of the molecule is CC(C)NC(=O)[C@H](C)N(Cc1cccc(Cl)c1)C(=O)CN(c1ccc(Cl)c(C(F)(F)F)c1)S(=O)(=O)c1ccccc1. The van der Waals surface area contributed by atoms with Gasteiger partial charge in [0.25, 0.3) is 10.0 Å². The number of alkyl halides is 3. The number of rotatable bonds is 10. The molecule has 3 rings (SSSR count). The van der Waals surface area contributed by atoms with Crippen molar-refractivity contribution in [2.75, 3.05) is 10.8 Å². The smallest absolute Gasteiger partial charge is 0.352 e. The van der Waals surface area contributed by atoms with Crippen molar-refractivity contribution < 1.29 is 31.2 Å². The number of carbonyl (C=O) groups is 2. The third-order valence-electron chi connectivity index (χ3n) is 5.99. The van der Waals surface area contributed by atoms with E-state index < -0.39 is 56.9 Å². The van der Waals surface area contributed by atoms with Crippen LogP contribution in [0.25, 0.3) is 0 Å². The lowest BCUT2D eigenvalue weighted by Gasteiger charge is -2.32. The Kier molecular flexibility index (Phi) is 10.3. The number of sulfonamides is 1. The van der Waals surface area contributed by atoms with Crippen LogP contribution in [-0.4, -0.2) is 43.8 Å². The van der Waals surface area contributed by atoms with Gasteiger partial charge in [-0.25, -0.2) is 8.42 Å². The van der Waals surface area contributed by atoms with Crippen molar-refractivity contribution in [2.45, 2.75) is 50.5 Å². The van der Waals surface area contributed by atoms with Crippen LogP contribution in [-0.2, 0) is 32.3 Å². The molecule has 0 aliphatic rings. The highest BCUT2D eigenvalue weighted by molar-refractivity contribution is 7.92. The molecule has 0 saturated heterocycles. The van der Waals surface area contributed by atoms with Crippen LogP contribution in [0.1, 0.15) is 31.9 Å². The minimum atomic E-state index is -4.89. The first-order valence-electron chi connectivity index (χ1n) is 12.4. The second-order valence-corrected chi connectivity index (χ2v) is 12.2. The molecule has 41 heavy (non-hydrogen) atoms. The Morgan fingerprint density at radius 2 is 1.59 bits per heavy atom. The molecule has 0 aliphatic carbocycles. The number of halogens is 5. The number of anilines is 1. The van der Waals surface area contributed by atoms with Gasteiger partial charge < -0.3 is 10.2 Å². The predicted octanol–water partition coefficient (Wildman–Crippen LogP) is 6.15. The highest BCUT2D eigenvalue weighted by Gasteiger charge is 2.37. The van der Waals surface area contributed by atoms with Crippen molar-refractivity contribution in [1.82, 2.24) is 10.2 Å². The molecule has 0 fully saturated rings. The first kappa shape index (κ1) is 32.2. The Labute approximate surface area is 246 Å². The molecule has 0 heterocycles. The normalized spacial score (nSPS) is 12.6. The molecule has 0 radical (unpaired) electrons. The van der Waals surface area contributed by atoms with Crippen LogP contribution in [0.15, 0.2) is 77.7 Å². The van der Waals surface area contributed by atoms with Crippen LogP contribution in [0.5, 0.6) is 0 Å². The number of hydrogen-bond donors (Lipinski definition) is 1. The van der Waals surface area contributed by atoms with Crippen LogP contribution in [0.3, 0.4) is 0 Å². The van der Waals surface area contributed by atoms with Crippen molar-refractivity contribution in [3.63, 3.8) is 0 Å². The van der Waals surface area contributed by atoms with Gasteiger partial charge in [-0.05, 0) is 68.8 Å². The van der Waals surface area contributed by atoms with Crippen molar-refractivity contribution in [3.8, 4) is 0 Å². The van der Waals surface area contributed by atoms with Crippen LogP contribution in [0.4, 0.5) is 18.9 Å². The van der Waals surface area contributed by atoms with Crippen LogP contribution in [0.2, 0.25) is 10.0 Å². The van der Waals surface area contributed by atoms with E-state index in [1.165, 1.54) is 31.2 Å². The lowest BCUT2D eigenvalue weighted by Crippen LogP contribution is -2.52. The third-order valence-corrected chi connectivity index (χ3v) is 8.35. The molecule has 220 valence electrons. The van der Waals surface area contributed by atoms with Crippen molar-refractivity contribution in [2.24, 2.45) is 0 Å². The summed E-state index contributed by atoms with van der Waals surface area (Å²) in [6.07, 6.45) is -4.89. The van der Waals surface area contributed by atoms with Gasteiger partial charge in [0.05, 0.1) is 21.2 Å². The van der Waals surface area contributed by atoms with E-state index in [9.17, 15) is 31.2 Å². The van der Waals surface area contributed by atoms with Gasteiger partial charge in [0.1, 0.15) is 12.6 Å². The molecule has 0 unspecified atom stereocenters. The molecule has 0 saturated carbocycles. The molecule has 0 aliphatic heterocycles. The summed E-state index contributed by atoms with van der Waals surface area (Å²) in [5.74, 6) is -1.34. The lowest BCUT2D eigenvalue weighted by atomic mass is 10.1. The molecular formula is C28H28Cl2F3N3O4S. The molecule has 3 aromatic carbocycles. The maximum Gasteiger partial charge on any atom is 0.417 e. The van der Waals surface area contributed by atoms with E-state index in [0.717, 1.165) is 17.0 Å². The van der Waals surface area contributed by atoms with E-state index in [1.54, 1.807) is 44.2 Å². The lowest BCUT2D eigenvalue weighted by molar-refractivity contribution is -0.139. The average Bonchev–Trinajstić information content (AvgIpc) is 2.89. The summed E-state index contributed by atoms with van der Waals surface area (Å²) < 4.78 is 69.1. The van der Waals surface area contributed by atoms with Gasteiger partial charge in [0, 0.05) is 17.6 Å². The van der Waals surface area contributed by atoms with E-state index in [1.807, 2.05) is 0 Å². The molecule has 7 nitrogen and oxygen atoms in total. The van der Waals surface area contributed by atoms with E-state index >= 15 is 0 Å². The Bertz CT molecular complexity index is 1500. The number of carbonyl (C=O) groups excluding carboxylic acids is 2. The molecule has 1 atom stereocenters. The van der Waals surface area contributed by atoms with E-state index in [4.69, 9.17) is 23.2 Å². The number of hydrogen-bond acceptors (Lipinski definition) is 4. The zero-order chi connectivity index (χ0) is 30.5. The second-order valence-electron chi connectivity index (χ2n) is 9.48. The Hall–Kier alpha value is -3.28. The zero-order valence-electron chi connectivity index (χ0n) is 22.3. The summed E-state index contributed by atoms with van der Waals surface area (Å²) >= 11 is 11.9. The van der Waals surface area contributed by atoms with E-state index in [2.05, 4.69) is 5.32 Å². The second kappa shape index (κ2) is 13.1. The van der Waals surface area contributed by atoms with Crippen molar-refractivity contribution >= 4 is 50.7 Å². The molecule has 0 bridgehead atoms. The maximum atomic E-state index is 13.8. The first-order valence-corrected chi connectivity index (χ1v) is 14.6. The van der Waals surface area contributed by atoms with Crippen LogP contribution in [0, 0.1) is 0 Å². The molecule has 2 amide bonds. The van der Waals surface area contributed by atoms with Crippen LogP contribution >= 0.6 is 23.2 Å². The highest BCUT2D eigenvalue weighted by Crippen LogP contribution is 2.38. The van der Waals surface area contributed by atoms with Gasteiger partial charge in [-0.2, -0.15) is 13.2 Å². The number of benzene rings is 3. The number of nitrogens with zero attached hydrogens (tertiary/aromatic N) is 2. The molecule has 13 heteroatoms. The maximum absolute atomic E-state index is 13.8. The van der Waals surface area contributed by atoms with Gasteiger partial charge in [0.2, 0.25) is 11.8 Å². The summed E-state index contributed by atoms with van der Waals surface area (Å²) in [6, 6.07) is 14.8. The Morgan fingerprint density at radius 1 is 0.927 bits per heavy atom. The number of amides is 2. The van der Waals surface area contributed by atoms with Gasteiger partial charge in [0.15, 0.2) is 0 Å². The highest BCUT2D eigenvalue weighted by atomic mass is 35.5. The third kappa shape index (κ3) is 8.15. The predicted molar refractivity (Wildman–Crippen MR) is 152 cm³/mol. The minimum Gasteiger partial charge on any atom is -0.352 e. The monoisotopic (exact) mass is 629 g/mol. The summed E-state index contributed by atoms with van der Waals surface area (Å²) in [6.45, 7) is 3.91. The van der Waals surface area contributed by atoms with E-state index in [0.29, 0.717) is 21.0 Å². The molecule has 3 aromatic rings. The average molecular weight is 631 g/mol. The van der Waals surface area contributed by atoms with Gasteiger partial charge >= 0.3 is 6.18 Å². The van der Waals surface area contributed by atoms with Crippen molar-refractivity contribution in [1.29, 1.82) is 0 Å². The van der Waals surface area contributed by atoms with E-state index in [-0.39, 0.29) is 17.5 Å². The fraction of sp³-hybridized carbons (Fsp3) is 0.286. The summed E-state index contributed by atoms with van der Waals surface area (Å²) in [5.41, 5.74) is -1.14. The standard InChI is InChI=1S/C28H28Cl2F3N3O4S/c1-18(2)34-27(38)19(3)35(16-20-8-7-9-21(29)14-20)26(37)17-36(41(39,40)23-10-5-4-6-11-23)22-12-13-25(30)24(15-22)28(31,32)33/h4-15,18-19H,16-17H2,1-3H3,(H,34,38)/t19-/m0/s1. The Morgan fingerprint density at radius 3 is 2.17 bits per heavy atom. The first-order chi connectivity index (χ1) is 19.1. The molecular weight excluding hydrogens is 602 g/mol. The quantitative estimate of drug-likeness (QED) is 0.291. The fourth-order valence-electron chi connectivity index (χ4n) is 3.95. The summed E-state index contributed by atoms with van der Waals surface area (Å²) in [4.78, 5) is 27.7. The number of nitrogens with one attached hydrogen (secondary N) is 1. The summed E-state index contributed by atoms with van der Waals surface area (Å²) in [7, 11) is -4.55. The fourth-order valence-corrected chi connectivity index (χ4v) is 5.82. The van der Waals surface area contributed by atoms with Crippen molar-refractivity contribution in [3.05, 3.63) is 94.0 Å². The zero-order valence-corrected chi connectivity index (χ0v) is 24.7. The molecule has 1 N–H and O–H groups in total. The van der Waals surface area contributed by atoms with Gasteiger partial charge in [-0.15, -0.1) is 0 Å². The van der Waals surface area contributed by atoms with Gasteiger partial charge in [-0.1, -0.05) is 53.5 Å². The summed E-state index contributed by atoms with van der Waals surface area (Å²) in [5, 5.41) is 2.46. The van der Waals surface area contributed by atoms with Gasteiger partial charge in [-0.3, -0.25) is 13.9 Å². The molecule has 0 aromatic heterocycles.